The molecule has 0 radical (unpaired) electrons. The Hall–Kier alpha value is -3.32. The summed E-state index contributed by atoms with van der Waals surface area (Å²) in [5.41, 5.74) is 6.83. The smallest absolute Gasteiger partial charge is 0.294 e. The van der Waals surface area contributed by atoms with Gasteiger partial charge >= 0.3 is 0 Å². The molecule has 0 aromatic heterocycles. The van der Waals surface area contributed by atoms with Crippen molar-refractivity contribution >= 4 is 51.8 Å². The minimum absolute atomic E-state index is 0.0844. The Morgan fingerprint density at radius 3 is 2.53 bits per heavy atom. The van der Waals surface area contributed by atoms with Gasteiger partial charge in [0.15, 0.2) is 0 Å². The number of imide groups is 1. The van der Waals surface area contributed by atoms with Crippen molar-refractivity contribution in [1.82, 2.24) is 4.90 Å². The number of fused-ring (bicyclic) bond motifs is 1. The predicted octanol–water partition coefficient (Wildman–Crippen LogP) is 5.61. The first-order chi connectivity index (χ1) is 16.0. The van der Waals surface area contributed by atoms with E-state index >= 15 is 0 Å². The van der Waals surface area contributed by atoms with Crippen molar-refractivity contribution in [2.24, 2.45) is 0 Å². The third kappa shape index (κ3) is 4.53. The van der Waals surface area contributed by atoms with Gasteiger partial charge in [0, 0.05) is 24.0 Å². The summed E-state index contributed by atoms with van der Waals surface area (Å²) in [5.74, 6) is -0.857. The Kier molecular flexibility index (Phi) is 6.16. The molecule has 0 bridgehead atoms. The molecule has 0 spiro atoms. The second-order valence-electron chi connectivity index (χ2n) is 9.45. The fraction of sp³-hybridized carbons (Fsp3) is 0.296. The van der Waals surface area contributed by atoms with Gasteiger partial charge in [-0.15, -0.1) is 0 Å². The maximum absolute atomic E-state index is 12.9. The van der Waals surface area contributed by atoms with Gasteiger partial charge in [-0.25, -0.2) is 0 Å². The number of anilines is 2. The molecule has 1 saturated heterocycles. The molecule has 1 fully saturated rings. The second-order valence-corrected chi connectivity index (χ2v) is 10.4. The molecule has 0 saturated carbocycles. The van der Waals surface area contributed by atoms with Crippen LogP contribution in [0.2, 0.25) is 0 Å². The van der Waals surface area contributed by atoms with Crippen molar-refractivity contribution in [3.63, 3.8) is 0 Å². The summed E-state index contributed by atoms with van der Waals surface area (Å²) < 4.78 is 0. The van der Waals surface area contributed by atoms with Gasteiger partial charge in [0.2, 0.25) is 5.91 Å². The maximum atomic E-state index is 12.9. The lowest BCUT2D eigenvalue weighted by Crippen LogP contribution is -2.42. The molecule has 2 aliphatic rings. The molecule has 0 aliphatic carbocycles. The molecule has 2 aromatic rings. The number of rotatable bonds is 4. The van der Waals surface area contributed by atoms with Gasteiger partial charge in [0.1, 0.15) is 6.54 Å². The summed E-state index contributed by atoms with van der Waals surface area (Å²) in [7, 11) is 2.07. The van der Waals surface area contributed by atoms with E-state index in [0.29, 0.717) is 10.6 Å². The number of hydrogen-bond donors (Lipinski definition) is 1. The van der Waals surface area contributed by atoms with E-state index in [9.17, 15) is 14.4 Å². The molecule has 34 heavy (non-hydrogen) atoms. The Morgan fingerprint density at radius 1 is 1.09 bits per heavy atom. The summed E-state index contributed by atoms with van der Waals surface area (Å²) in [6, 6.07) is 11.7. The number of nitrogens with one attached hydrogen (secondary N) is 1. The first kappa shape index (κ1) is 23.8. The van der Waals surface area contributed by atoms with Gasteiger partial charge in [-0.3, -0.25) is 19.3 Å². The van der Waals surface area contributed by atoms with Gasteiger partial charge in [-0.1, -0.05) is 29.8 Å². The van der Waals surface area contributed by atoms with Crippen LogP contribution in [0.4, 0.5) is 16.2 Å². The monoisotopic (exact) mass is 475 g/mol. The van der Waals surface area contributed by atoms with Crippen LogP contribution >= 0.6 is 11.8 Å². The van der Waals surface area contributed by atoms with E-state index < -0.39 is 17.1 Å². The lowest BCUT2D eigenvalue weighted by atomic mass is 9.88. The number of carbonyl (C=O) groups is 3. The number of carbonyl (C=O) groups excluding carboxylic acids is 3. The van der Waals surface area contributed by atoms with E-state index in [1.165, 1.54) is 5.57 Å². The minimum Gasteiger partial charge on any atom is -0.366 e. The zero-order chi connectivity index (χ0) is 24.8. The van der Waals surface area contributed by atoms with E-state index in [0.717, 1.165) is 44.6 Å². The van der Waals surface area contributed by atoms with Crippen LogP contribution in [0.3, 0.4) is 0 Å². The molecule has 7 heteroatoms. The van der Waals surface area contributed by atoms with E-state index in [2.05, 4.69) is 44.1 Å². The van der Waals surface area contributed by atoms with E-state index in [4.69, 9.17) is 0 Å². The number of nitrogens with zero attached hydrogens (tertiary/aromatic N) is 2. The highest BCUT2D eigenvalue weighted by Gasteiger charge is 2.36. The molecule has 0 unspecified atom stereocenters. The fourth-order valence-corrected chi connectivity index (χ4v) is 5.18. The number of likely N-dealkylation sites (N-methyl/N-ethyl adjacent to an activating group) is 1. The van der Waals surface area contributed by atoms with Crippen molar-refractivity contribution in [2.75, 3.05) is 23.8 Å². The number of hydrogen-bond acceptors (Lipinski definition) is 5. The molecule has 2 aliphatic heterocycles. The molecule has 6 nitrogen and oxygen atoms in total. The third-order valence-electron chi connectivity index (χ3n) is 6.37. The zero-order valence-corrected chi connectivity index (χ0v) is 21.2. The van der Waals surface area contributed by atoms with Crippen LogP contribution in [0.15, 0.2) is 47.4 Å². The van der Waals surface area contributed by atoms with Crippen molar-refractivity contribution in [3.05, 3.63) is 69.6 Å². The molecule has 0 atom stereocenters. The lowest BCUT2D eigenvalue weighted by molar-refractivity contribution is -0.127. The van der Waals surface area contributed by atoms with Gasteiger partial charge in [0.05, 0.1) is 10.4 Å². The Balaban J connectivity index is 1.51. The highest BCUT2D eigenvalue weighted by Crippen LogP contribution is 2.39. The van der Waals surface area contributed by atoms with Crippen LogP contribution < -0.4 is 10.2 Å². The minimum atomic E-state index is -0.450. The topological polar surface area (TPSA) is 69.7 Å². The zero-order valence-electron chi connectivity index (χ0n) is 20.4. The highest BCUT2D eigenvalue weighted by atomic mass is 32.2. The van der Waals surface area contributed by atoms with Gasteiger partial charge in [-0.2, -0.15) is 0 Å². The molecular formula is C27H29N3O3S. The van der Waals surface area contributed by atoms with E-state index in [1.54, 1.807) is 6.08 Å². The van der Waals surface area contributed by atoms with Crippen molar-refractivity contribution in [2.45, 2.75) is 40.2 Å². The first-order valence-corrected chi connectivity index (χ1v) is 12.0. The second kappa shape index (κ2) is 8.80. The van der Waals surface area contributed by atoms with Crippen LogP contribution in [-0.4, -0.2) is 41.1 Å². The molecule has 4 rings (SSSR count). The Morgan fingerprint density at radius 2 is 1.82 bits per heavy atom. The summed E-state index contributed by atoms with van der Waals surface area (Å²) in [6.45, 7) is 9.98. The van der Waals surface area contributed by atoms with Crippen LogP contribution in [-0.2, 0) is 9.59 Å². The summed E-state index contributed by atoms with van der Waals surface area (Å²) >= 11 is 0.862. The van der Waals surface area contributed by atoms with Gasteiger partial charge in [-0.05, 0) is 87.4 Å². The summed E-state index contributed by atoms with van der Waals surface area (Å²) in [6.07, 6.45) is 3.95. The molecular weight excluding hydrogens is 446 g/mol. The van der Waals surface area contributed by atoms with E-state index in [-0.39, 0.29) is 12.1 Å². The van der Waals surface area contributed by atoms with Crippen molar-refractivity contribution < 1.29 is 14.4 Å². The SMILES string of the molecule is CC1=CC(C)(C)N(C)c2ccc(/C=C3\SC(=O)N(CC(=O)Nc4ccc(C)cc4C)C3=O)cc21. The number of allylic oxidation sites excluding steroid dienone is 1. The summed E-state index contributed by atoms with van der Waals surface area (Å²) in [4.78, 5) is 41.5. The average Bonchev–Trinajstić information content (AvgIpc) is 3.01. The summed E-state index contributed by atoms with van der Waals surface area (Å²) in [5, 5.41) is 2.35. The molecule has 176 valence electrons. The van der Waals surface area contributed by atoms with Crippen molar-refractivity contribution in [1.29, 1.82) is 0 Å². The lowest BCUT2D eigenvalue weighted by Gasteiger charge is -2.40. The first-order valence-electron chi connectivity index (χ1n) is 11.2. The number of benzene rings is 2. The number of aryl methyl sites for hydroxylation is 2. The predicted molar refractivity (Wildman–Crippen MR) is 140 cm³/mol. The van der Waals surface area contributed by atoms with Crippen LogP contribution in [0.5, 0.6) is 0 Å². The van der Waals surface area contributed by atoms with Crippen LogP contribution in [0.25, 0.3) is 11.6 Å². The molecule has 1 N–H and O–H groups in total. The van der Waals surface area contributed by atoms with Crippen molar-refractivity contribution in [3.8, 4) is 0 Å². The largest absolute Gasteiger partial charge is 0.366 e. The van der Waals surface area contributed by atoms with Crippen LogP contribution in [0, 0.1) is 13.8 Å². The highest BCUT2D eigenvalue weighted by molar-refractivity contribution is 8.18. The Labute approximate surface area is 204 Å². The van der Waals surface area contributed by atoms with E-state index in [1.807, 2.05) is 50.2 Å². The molecule has 3 amide bonds. The normalized spacial score (nSPS) is 18.3. The molecule has 2 heterocycles. The van der Waals surface area contributed by atoms with Gasteiger partial charge in [0.25, 0.3) is 11.1 Å². The fourth-order valence-electron chi connectivity index (χ4n) is 4.34. The number of amides is 3. The molecule has 2 aromatic carbocycles. The Bertz CT molecular complexity index is 1280. The maximum Gasteiger partial charge on any atom is 0.294 e. The number of thioether (sulfide) groups is 1. The quantitative estimate of drug-likeness (QED) is 0.582. The standard InChI is InChI=1S/C27H29N3O3S/c1-16-7-9-21(17(2)11-16)28-24(31)15-30-25(32)23(34-26(30)33)13-19-8-10-22-20(12-19)18(3)14-27(4,5)29(22)6/h7-14H,15H2,1-6H3,(H,28,31)/b23-13-. The average molecular weight is 476 g/mol. The third-order valence-corrected chi connectivity index (χ3v) is 7.28. The van der Waals surface area contributed by atoms with Gasteiger partial charge < -0.3 is 10.2 Å². The van der Waals surface area contributed by atoms with Crippen LogP contribution in [0.1, 0.15) is 43.0 Å².